The molecule has 0 bridgehead atoms. The molecule has 5 atom stereocenters. The standard InChI is InChI=1S/C10H16N4O3S/c1-12-10-14-6-8(16)7(15)5(4-13-3-2-11)17-9(6)18-10/h5-9,13,15-16H,3-4H2,1H3,(H,12,14)/t5-,6-,7+,8-,9-/m1/s1. The van der Waals surface area contributed by atoms with Crippen LogP contribution >= 0.6 is 11.8 Å². The second-order valence-corrected chi connectivity index (χ2v) is 5.19. The number of rotatable bonds is 3. The van der Waals surface area contributed by atoms with E-state index >= 15 is 0 Å². The molecule has 8 heteroatoms. The second-order valence-electron chi connectivity index (χ2n) is 4.11. The maximum atomic E-state index is 10.0. The fraction of sp³-hybridized carbons (Fsp3) is 0.800. The molecular formula is C10H16N4O3S. The zero-order valence-corrected chi connectivity index (χ0v) is 10.7. The van der Waals surface area contributed by atoms with Crippen molar-refractivity contribution in [2.24, 2.45) is 4.99 Å². The van der Waals surface area contributed by atoms with E-state index in [1.54, 1.807) is 7.05 Å². The SMILES string of the molecule is CNC1=N[C@@H]2[C@@H](O)[C@@H](O)[C@@H](CNCC#N)O[C@@H]2S1. The Labute approximate surface area is 109 Å². The van der Waals surface area contributed by atoms with Gasteiger partial charge in [-0.1, -0.05) is 11.8 Å². The Morgan fingerprint density at radius 3 is 2.94 bits per heavy atom. The van der Waals surface area contributed by atoms with Gasteiger partial charge in [0.05, 0.1) is 12.6 Å². The van der Waals surface area contributed by atoms with Gasteiger partial charge in [-0.25, -0.2) is 0 Å². The van der Waals surface area contributed by atoms with E-state index in [0.717, 1.165) is 0 Å². The van der Waals surface area contributed by atoms with Gasteiger partial charge in [0.2, 0.25) is 0 Å². The Kier molecular flexibility index (Phi) is 4.42. The van der Waals surface area contributed by atoms with Gasteiger partial charge in [0.15, 0.2) is 5.17 Å². The molecule has 2 aliphatic rings. The van der Waals surface area contributed by atoms with E-state index in [2.05, 4.69) is 15.6 Å². The van der Waals surface area contributed by atoms with Gasteiger partial charge >= 0.3 is 0 Å². The van der Waals surface area contributed by atoms with Crippen molar-refractivity contribution >= 4 is 16.9 Å². The molecule has 0 aromatic heterocycles. The molecule has 0 spiro atoms. The van der Waals surface area contributed by atoms with Crippen molar-refractivity contribution in [2.75, 3.05) is 20.1 Å². The van der Waals surface area contributed by atoms with Gasteiger partial charge in [0, 0.05) is 13.6 Å². The van der Waals surface area contributed by atoms with Crippen LogP contribution in [0.3, 0.4) is 0 Å². The minimum absolute atomic E-state index is 0.183. The van der Waals surface area contributed by atoms with E-state index in [9.17, 15) is 10.2 Å². The first-order valence-corrected chi connectivity index (χ1v) is 6.56. The number of fused-ring (bicyclic) bond motifs is 1. The number of aliphatic hydroxyl groups is 2. The third-order valence-electron chi connectivity index (χ3n) is 2.93. The smallest absolute Gasteiger partial charge is 0.159 e. The van der Waals surface area contributed by atoms with E-state index in [0.29, 0.717) is 11.7 Å². The first kappa shape index (κ1) is 13.6. The third kappa shape index (κ3) is 2.60. The van der Waals surface area contributed by atoms with E-state index in [-0.39, 0.29) is 12.0 Å². The molecule has 2 rings (SSSR count). The largest absolute Gasteiger partial charge is 0.388 e. The Hall–Kier alpha value is -0.850. The maximum absolute atomic E-state index is 10.0. The summed E-state index contributed by atoms with van der Waals surface area (Å²) >= 11 is 1.40. The molecule has 0 amide bonds. The van der Waals surface area contributed by atoms with Crippen LogP contribution in [0.4, 0.5) is 0 Å². The Morgan fingerprint density at radius 1 is 1.50 bits per heavy atom. The molecule has 0 aromatic rings. The molecule has 2 aliphatic heterocycles. The Bertz CT molecular complexity index is 373. The quantitative estimate of drug-likeness (QED) is 0.356. The highest BCUT2D eigenvalue weighted by Crippen LogP contribution is 2.35. The summed E-state index contributed by atoms with van der Waals surface area (Å²) in [5.41, 5.74) is -0.292. The number of aliphatic imine (C=N–C) groups is 1. The number of hydrogen-bond acceptors (Lipinski definition) is 8. The molecule has 4 N–H and O–H groups in total. The van der Waals surface area contributed by atoms with Gasteiger partial charge in [-0.05, 0) is 0 Å². The average Bonchev–Trinajstić information content (AvgIpc) is 2.79. The molecule has 1 saturated heterocycles. The molecule has 0 saturated carbocycles. The number of hydrogen-bond donors (Lipinski definition) is 4. The summed E-state index contributed by atoms with van der Waals surface area (Å²) in [6.07, 6.45) is -2.48. The molecule has 0 aromatic carbocycles. The van der Waals surface area contributed by atoms with Crippen molar-refractivity contribution in [3.63, 3.8) is 0 Å². The molecular weight excluding hydrogens is 256 g/mol. The number of ether oxygens (including phenoxy) is 1. The van der Waals surface area contributed by atoms with E-state index < -0.39 is 24.4 Å². The minimum atomic E-state index is -1.00. The monoisotopic (exact) mass is 272 g/mol. The highest BCUT2D eigenvalue weighted by atomic mass is 32.2. The van der Waals surface area contributed by atoms with E-state index in [4.69, 9.17) is 10.00 Å². The highest BCUT2D eigenvalue weighted by Gasteiger charge is 2.47. The van der Waals surface area contributed by atoms with Gasteiger partial charge in [0.1, 0.15) is 29.8 Å². The molecule has 2 heterocycles. The number of nitrogens with one attached hydrogen (secondary N) is 2. The number of nitrogens with zero attached hydrogens (tertiary/aromatic N) is 2. The predicted molar refractivity (Wildman–Crippen MR) is 67.0 cm³/mol. The van der Waals surface area contributed by atoms with E-state index in [1.807, 2.05) is 6.07 Å². The van der Waals surface area contributed by atoms with Gasteiger partial charge in [-0.3, -0.25) is 4.99 Å². The third-order valence-corrected chi connectivity index (χ3v) is 4.08. The molecule has 100 valence electrons. The van der Waals surface area contributed by atoms with Crippen LogP contribution in [0.1, 0.15) is 0 Å². The Balaban J connectivity index is 1.97. The lowest BCUT2D eigenvalue weighted by Crippen LogP contribution is -2.57. The normalized spacial score (nSPS) is 38.8. The summed E-state index contributed by atoms with van der Waals surface area (Å²) < 4.78 is 5.70. The summed E-state index contributed by atoms with van der Waals surface area (Å²) in [4.78, 5) is 4.25. The molecule has 18 heavy (non-hydrogen) atoms. The van der Waals surface area contributed by atoms with E-state index in [1.165, 1.54) is 11.8 Å². The first-order valence-electron chi connectivity index (χ1n) is 5.69. The lowest BCUT2D eigenvalue weighted by atomic mass is 9.98. The zero-order chi connectivity index (χ0) is 13.1. The molecule has 0 aliphatic carbocycles. The van der Waals surface area contributed by atoms with Crippen molar-refractivity contribution in [3.8, 4) is 6.07 Å². The van der Waals surface area contributed by atoms with Crippen LogP contribution in [0, 0.1) is 11.3 Å². The van der Waals surface area contributed by atoms with Crippen molar-refractivity contribution in [1.29, 1.82) is 5.26 Å². The van der Waals surface area contributed by atoms with Crippen LogP contribution in [0.2, 0.25) is 0 Å². The maximum Gasteiger partial charge on any atom is 0.159 e. The zero-order valence-electron chi connectivity index (χ0n) is 9.91. The van der Waals surface area contributed by atoms with Crippen LogP contribution in [-0.4, -0.2) is 65.3 Å². The van der Waals surface area contributed by atoms with Crippen LogP contribution < -0.4 is 10.6 Å². The van der Waals surface area contributed by atoms with Crippen LogP contribution in [0.15, 0.2) is 4.99 Å². The summed E-state index contributed by atoms with van der Waals surface area (Å²) in [5, 5.41) is 34.8. The number of thioether (sulfide) groups is 1. The lowest BCUT2D eigenvalue weighted by molar-refractivity contribution is -0.150. The first-order chi connectivity index (χ1) is 8.67. The summed E-state index contributed by atoms with van der Waals surface area (Å²) in [6, 6.07) is 1.50. The Morgan fingerprint density at radius 2 is 2.28 bits per heavy atom. The molecule has 0 radical (unpaired) electrons. The van der Waals surface area contributed by atoms with Gasteiger partial charge < -0.3 is 25.6 Å². The summed E-state index contributed by atoms with van der Waals surface area (Å²) in [5.74, 6) is 0. The van der Waals surface area contributed by atoms with Crippen molar-refractivity contribution in [1.82, 2.24) is 10.6 Å². The topological polar surface area (TPSA) is 110 Å². The predicted octanol–water partition coefficient (Wildman–Crippen LogP) is -1.76. The highest BCUT2D eigenvalue weighted by molar-refractivity contribution is 8.14. The van der Waals surface area contributed by atoms with Crippen molar-refractivity contribution in [2.45, 2.75) is 29.8 Å². The second kappa shape index (κ2) is 5.86. The molecule has 0 unspecified atom stereocenters. The van der Waals surface area contributed by atoms with Crippen LogP contribution in [0.5, 0.6) is 0 Å². The summed E-state index contributed by atoms with van der Waals surface area (Å²) in [6.45, 7) is 0.507. The fourth-order valence-corrected chi connectivity index (χ4v) is 3.07. The molecule has 1 fully saturated rings. The lowest BCUT2D eigenvalue weighted by Gasteiger charge is -2.38. The van der Waals surface area contributed by atoms with Crippen molar-refractivity contribution < 1.29 is 14.9 Å². The number of aliphatic hydroxyl groups excluding tert-OH is 2. The van der Waals surface area contributed by atoms with Crippen LogP contribution in [-0.2, 0) is 4.74 Å². The van der Waals surface area contributed by atoms with Gasteiger partial charge in [-0.2, -0.15) is 5.26 Å². The minimum Gasteiger partial charge on any atom is -0.388 e. The van der Waals surface area contributed by atoms with Gasteiger partial charge in [-0.15, -0.1) is 0 Å². The number of amidine groups is 1. The fourth-order valence-electron chi connectivity index (χ4n) is 1.99. The average molecular weight is 272 g/mol. The number of nitriles is 1. The van der Waals surface area contributed by atoms with Gasteiger partial charge in [0.25, 0.3) is 0 Å². The molecule has 7 nitrogen and oxygen atoms in total. The van der Waals surface area contributed by atoms with Crippen molar-refractivity contribution in [3.05, 3.63) is 0 Å². The summed E-state index contributed by atoms with van der Waals surface area (Å²) in [7, 11) is 1.75. The van der Waals surface area contributed by atoms with Crippen LogP contribution in [0.25, 0.3) is 0 Å².